The Hall–Kier alpha value is -2.29. The summed E-state index contributed by atoms with van der Waals surface area (Å²) in [6, 6.07) is 10.6. The van der Waals surface area contributed by atoms with Gasteiger partial charge in [-0.3, -0.25) is 9.13 Å². The molecule has 1 aliphatic heterocycles. The number of rotatable bonds is 3. The van der Waals surface area contributed by atoms with Crippen molar-refractivity contribution in [2.75, 3.05) is 31.1 Å². The molecule has 2 heterocycles. The molecule has 0 saturated carbocycles. The van der Waals surface area contributed by atoms with Crippen molar-refractivity contribution in [2.45, 2.75) is 11.8 Å². The summed E-state index contributed by atoms with van der Waals surface area (Å²) >= 11 is 6.13. The Kier molecular flexibility index (Phi) is 4.96. The number of sulfonamides is 1. The number of imidazole rings is 1. The maximum absolute atomic E-state index is 13.2. The molecule has 0 amide bonds. The van der Waals surface area contributed by atoms with E-state index < -0.39 is 10.0 Å². The number of aromatic nitrogens is 2. The van der Waals surface area contributed by atoms with Gasteiger partial charge >= 0.3 is 5.69 Å². The second-order valence-corrected chi connectivity index (χ2v) is 9.75. The van der Waals surface area contributed by atoms with E-state index in [1.807, 2.05) is 25.1 Å². The number of nitrogens with zero attached hydrogens (tertiary/aromatic N) is 4. The van der Waals surface area contributed by atoms with Gasteiger partial charge in [0.2, 0.25) is 10.0 Å². The Morgan fingerprint density at radius 3 is 2.24 bits per heavy atom. The molecule has 0 spiro atoms. The monoisotopic (exact) mass is 434 g/mol. The molecular weight excluding hydrogens is 412 g/mol. The maximum atomic E-state index is 13.2. The van der Waals surface area contributed by atoms with Crippen LogP contribution >= 0.6 is 11.6 Å². The zero-order valence-corrected chi connectivity index (χ0v) is 18.2. The number of hydrogen-bond acceptors (Lipinski definition) is 4. The average molecular weight is 435 g/mol. The number of fused-ring (bicyclic) bond motifs is 1. The molecule has 0 N–H and O–H groups in total. The smallest absolute Gasteiger partial charge is 0.328 e. The van der Waals surface area contributed by atoms with Gasteiger partial charge in [0.1, 0.15) is 0 Å². The largest absolute Gasteiger partial charge is 0.369 e. The molecule has 0 unspecified atom stereocenters. The molecule has 4 rings (SSSR count). The quantitative estimate of drug-likeness (QED) is 0.634. The fraction of sp³-hybridized carbons (Fsp3) is 0.350. The summed E-state index contributed by atoms with van der Waals surface area (Å²) in [5.74, 6) is 0. The first-order valence-corrected chi connectivity index (χ1v) is 11.2. The third-order valence-electron chi connectivity index (χ3n) is 5.63. The van der Waals surface area contributed by atoms with Crippen LogP contribution in [-0.2, 0) is 24.1 Å². The summed E-state index contributed by atoms with van der Waals surface area (Å²) in [6.45, 7) is 3.98. The molecule has 0 aliphatic carbocycles. The molecule has 1 aromatic heterocycles. The molecule has 1 aliphatic rings. The van der Waals surface area contributed by atoms with Gasteiger partial charge in [-0.05, 0) is 42.8 Å². The Balaban J connectivity index is 1.59. The van der Waals surface area contributed by atoms with Crippen LogP contribution in [0.15, 0.2) is 46.1 Å². The zero-order valence-electron chi connectivity index (χ0n) is 16.6. The minimum atomic E-state index is -3.64. The highest BCUT2D eigenvalue weighted by atomic mass is 35.5. The maximum Gasteiger partial charge on any atom is 0.328 e. The Bertz CT molecular complexity index is 1250. The number of hydrogen-bond donors (Lipinski definition) is 0. The normalized spacial score (nSPS) is 15.9. The summed E-state index contributed by atoms with van der Waals surface area (Å²) in [7, 11) is -0.319. The molecular formula is C20H23ClN4O3S. The Labute approximate surface area is 174 Å². The molecule has 0 radical (unpaired) electrons. The minimum absolute atomic E-state index is 0.181. The van der Waals surface area contributed by atoms with Crippen molar-refractivity contribution >= 4 is 38.3 Å². The predicted octanol–water partition coefficient (Wildman–Crippen LogP) is 2.35. The van der Waals surface area contributed by atoms with Gasteiger partial charge in [0.05, 0.1) is 15.9 Å². The van der Waals surface area contributed by atoms with E-state index in [1.165, 1.54) is 13.4 Å². The van der Waals surface area contributed by atoms with E-state index in [4.69, 9.17) is 11.6 Å². The average Bonchev–Trinajstić information content (AvgIpc) is 2.93. The lowest BCUT2D eigenvalue weighted by atomic mass is 10.1. The summed E-state index contributed by atoms with van der Waals surface area (Å²) in [5.41, 5.74) is 3.28. The Morgan fingerprint density at radius 2 is 1.55 bits per heavy atom. The molecule has 154 valence electrons. The van der Waals surface area contributed by atoms with Crippen molar-refractivity contribution in [3.8, 4) is 0 Å². The lowest BCUT2D eigenvalue weighted by Gasteiger charge is -2.36. The number of halogens is 1. The van der Waals surface area contributed by atoms with Gasteiger partial charge in [0, 0.05) is 51.0 Å². The second-order valence-electron chi connectivity index (χ2n) is 7.37. The van der Waals surface area contributed by atoms with Gasteiger partial charge < -0.3 is 4.90 Å². The number of piperazine rings is 1. The number of aryl methyl sites for hydroxylation is 3. The lowest BCUT2D eigenvalue weighted by Crippen LogP contribution is -2.48. The molecule has 3 aromatic rings. The number of benzene rings is 2. The first-order chi connectivity index (χ1) is 13.7. The van der Waals surface area contributed by atoms with Crippen LogP contribution in [0.4, 0.5) is 5.69 Å². The molecule has 1 saturated heterocycles. The van der Waals surface area contributed by atoms with Gasteiger partial charge in [0.25, 0.3) is 0 Å². The molecule has 7 nitrogen and oxygen atoms in total. The molecule has 9 heteroatoms. The summed E-state index contributed by atoms with van der Waals surface area (Å²) < 4.78 is 30.9. The van der Waals surface area contributed by atoms with Crippen LogP contribution in [0.25, 0.3) is 11.0 Å². The van der Waals surface area contributed by atoms with Crippen molar-refractivity contribution in [1.29, 1.82) is 0 Å². The van der Waals surface area contributed by atoms with Crippen LogP contribution in [0.5, 0.6) is 0 Å². The SMILES string of the molecule is Cc1ccc(Cl)cc1N1CCN(S(=O)(=O)c2ccc3c(c2)n(C)c(=O)n3C)CC1. The third-order valence-corrected chi connectivity index (χ3v) is 7.76. The summed E-state index contributed by atoms with van der Waals surface area (Å²) in [5, 5.41) is 0.669. The highest BCUT2D eigenvalue weighted by Crippen LogP contribution is 2.27. The first-order valence-electron chi connectivity index (χ1n) is 9.37. The fourth-order valence-electron chi connectivity index (χ4n) is 3.89. The zero-order chi connectivity index (χ0) is 20.9. The fourth-order valence-corrected chi connectivity index (χ4v) is 5.50. The van der Waals surface area contributed by atoms with Crippen LogP contribution < -0.4 is 10.6 Å². The van der Waals surface area contributed by atoms with Crippen LogP contribution in [0, 0.1) is 6.92 Å². The third kappa shape index (κ3) is 3.35. The molecule has 1 fully saturated rings. The highest BCUT2D eigenvalue weighted by molar-refractivity contribution is 7.89. The predicted molar refractivity (Wildman–Crippen MR) is 115 cm³/mol. The van der Waals surface area contributed by atoms with Crippen molar-refractivity contribution in [3.63, 3.8) is 0 Å². The van der Waals surface area contributed by atoms with Crippen LogP contribution in [0.1, 0.15) is 5.56 Å². The minimum Gasteiger partial charge on any atom is -0.369 e. The summed E-state index contributed by atoms with van der Waals surface area (Å²) in [6.07, 6.45) is 0. The van der Waals surface area contributed by atoms with Crippen molar-refractivity contribution < 1.29 is 8.42 Å². The van der Waals surface area contributed by atoms with Crippen LogP contribution in [0.3, 0.4) is 0 Å². The molecule has 2 aromatic carbocycles. The second kappa shape index (κ2) is 7.19. The summed E-state index contributed by atoms with van der Waals surface area (Å²) in [4.78, 5) is 14.5. The molecule has 29 heavy (non-hydrogen) atoms. The molecule has 0 atom stereocenters. The van der Waals surface area contributed by atoms with Gasteiger partial charge in [0.15, 0.2) is 0 Å². The van der Waals surface area contributed by atoms with E-state index in [1.54, 1.807) is 32.3 Å². The van der Waals surface area contributed by atoms with E-state index in [0.29, 0.717) is 42.2 Å². The number of anilines is 1. The molecule has 0 bridgehead atoms. The van der Waals surface area contributed by atoms with E-state index in [2.05, 4.69) is 4.90 Å². The van der Waals surface area contributed by atoms with E-state index in [0.717, 1.165) is 11.3 Å². The van der Waals surface area contributed by atoms with Crippen molar-refractivity contribution in [2.24, 2.45) is 14.1 Å². The van der Waals surface area contributed by atoms with Crippen LogP contribution in [-0.4, -0.2) is 48.0 Å². The van der Waals surface area contributed by atoms with Crippen LogP contribution in [0.2, 0.25) is 5.02 Å². The first kappa shape index (κ1) is 20.0. The van der Waals surface area contributed by atoms with Crippen molar-refractivity contribution in [3.05, 3.63) is 57.5 Å². The van der Waals surface area contributed by atoms with E-state index >= 15 is 0 Å². The highest BCUT2D eigenvalue weighted by Gasteiger charge is 2.29. The Morgan fingerprint density at radius 1 is 0.897 bits per heavy atom. The van der Waals surface area contributed by atoms with Gasteiger partial charge in [-0.15, -0.1) is 0 Å². The standard InChI is InChI=1S/C20H23ClN4O3S/c1-14-4-5-15(21)12-18(14)24-8-10-25(11-9-24)29(27,28)16-6-7-17-19(13-16)23(3)20(26)22(17)2/h4-7,12-13H,8-11H2,1-3H3. The van der Waals surface area contributed by atoms with Gasteiger partial charge in [-0.1, -0.05) is 17.7 Å². The topological polar surface area (TPSA) is 67.6 Å². The lowest BCUT2D eigenvalue weighted by molar-refractivity contribution is 0.385. The van der Waals surface area contributed by atoms with E-state index in [9.17, 15) is 13.2 Å². The van der Waals surface area contributed by atoms with Gasteiger partial charge in [-0.25, -0.2) is 13.2 Å². The van der Waals surface area contributed by atoms with Gasteiger partial charge in [-0.2, -0.15) is 4.31 Å². The van der Waals surface area contributed by atoms with Crippen molar-refractivity contribution in [1.82, 2.24) is 13.4 Å². The van der Waals surface area contributed by atoms with E-state index in [-0.39, 0.29) is 10.6 Å².